The molecule has 7 heteroatoms. The maximum absolute atomic E-state index is 12.2. The molecule has 1 aliphatic rings. The van der Waals surface area contributed by atoms with E-state index in [1.165, 1.54) is 0 Å². The smallest absolute Gasteiger partial charge is 0.242 e. The SMILES string of the molecule is Cc1cccnc1C(NC(=O)CCc1nc(Cl)n[nH]1)C1CC1. The highest BCUT2D eigenvalue weighted by molar-refractivity contribution is 6.28. The van der Waals surface area contributed by atoms with E-state index in [9.17, 15) is 4.79 Å². The van der Waals surface area contributed by atoms with E-state index in [0.717, 1.165) is 24.1 Å². The van der Waals surface area contributed by atoms with E-state index in [2.05, 4.69) is 25.5 Å². The number of amides is 1. The third kappa shape index (κ3) is 3.62. The zero-order valence-corrected chi connectivity index (χ0v) is 13.1. The Bertz CT molecular complexity index is 667. The van der Waals surface area contributed by atoms with Crippen LogP contribution in [0.5, 0.6) is 0 Å². The van der Waals surface area contributed by atoms with Gasteiger partial charge in [0.05, 0.1) is 11.7 Å². The Morgan fingerprint density at radius 2 is 2.36 bits per heavy atom. The molecule has 0 aliphatic heterocycles. The number of aromatic amines is 1. The van der Waals surface area contributed by atoms with Crippen LogP contribution < -0.4 is 5.32 Å². The van der Waals surface area contributed by atoms with Crippen LogP contribution in [-0.2, 0) is 11.2 Å². The Morgan fingerprint density at radius 3 is 3.00 bits per heavy atom. The van der Waals surface area contributed by atoms with Crippen LogP contribution in [0.25, 0.3) is 0 Å². The number of aryl methyl sites for hydroxylation is 2. The lowest BCUT2D eigenvalue weighted by Gasteiger charge is -2.19. The van der Waals surface area contributed by atoms with Crippen LogP contribution in [0, 0.1) is 12.8 Å². The lowest BCUT2D eigenvalue weighted by atomic mass is 10.0. The van der Waals surface area contributed by atoms with Gasteiger partial charge in [-0.05, 0) is 48.9 Å². The number of hydrogen-bond donors (Lipinski definition) is 2. The first-order valence-electron chi connectivity index (χ1n) is 7.41. The van der Waals surface area contributed by atoms with Gasteiger partial charge >= 0.3 is 0 Å². The molecule has 0 saturated heterocycles. The number of halogens is 1. The van der Waals surface area contributed by atoms with Crippen molar-refractivity contribution in [2.45, 2.75) is 38.6 Å². The second-order valence-electron chi connectivity index (χ2n) is 5.64. The summed E-state index contributed by atoms with van der Waals surface area (Å²) >= 11 is 5.65. The summed E-state index contributed by atoms with van der Waals surface area (Å²) in [5.74, 6) is 1.11. The minimum Gasteiger partial charge on any atom is -0.347 e. The monoisotopic (exact) mass is 319 g/mol. The Balaban J connectivity index is 1.61. The Kier molecular flexibility index (Phi) is 4.38. The van der Waals surface area contributed by atoms with Crippen molar-refractivity contribution in [2.24, 2.45) is 5.92 Å². The molecule has 22 heavy (non-hydrogen) atoms. The number of carbonyl (C=O) groups excluding carboxylic acids is 1. The van der Waals surface area contributed by atoms with Crippen LogP contribution in [0.15, 0.2) is 18.3 Å². The van der Waals surface area contributed by atoms with E-state index in [-0.39, 0.29) is 17.2 Å². The lowest BCUT2D eigenvalue weighted by Crippen LogP contribution is -2.31. The number of carbonyl (C=O) groups is 1. The van der Waals surface area contributed by atoms with E-state index in [1.807, 2.05) is 19.1 Å². The number of pyridine rings is 1. The average molecular weight is 320 g/mol. The van der Waals surface area contributed by atoms with E-state index < -0.39 is 0 Å². The van der Waals surface area contributed by atoms with Crippen LogP contribution in [0.2, 0.25) is 5.28 Å². The summed E-state index contributed by atoms with van der Waals surface area (Å²) in [6.07, 6.45) is 4.89. The number of nitrogens with zero attached hydrogens (tertiary/aromatic N) is 3. The van der Waals surface area contributed by atoms with Crippen molar-refractivity contribution < 1.29 is 4.79 Å². The number of aromatic nitrogens is 4. The van der Waals surface area contributed by atoms with Crippen LogP contribution in [0.4, 0.5) is 0 Å². The molecule has 1 fully saturated rings. The van der Waals surface area contributed by atoms with Crippen molar-refractivity contribution in [2.75, 3.05) is 0 Å². The Morgan fingerprint density at radius 1 is 1.55 bits per heavy atom. The molecule has 1 amide bonds. The summed E-state index contributed by atoms with van der Waals surface area (Å²) in [6, 6.07) is 3.95. The zero-order valence-electron chi connectivity index (χ0n) is 12.3. The summed E-state index contributed by atoms with van der Waals surface area (Å²) in [5.41, 5.74) is 2.09. The molecule has 0 aromatic carbocycles. The molecule has 116 valence electrons. The molecule has 6 nitrogen and oxygen atoms in total. The number of hydrogen-bond acceptors (Lipinski definition) is 4. The predicted octanol–water partition coefficient (Wildman–Crippen LogP) is 2.36. The second-order valence-corrected chi connectivity index (χ2v) is 5.98. The van der Waals surface area contributed by atoms with Gasteiger partial charge in [0.15, 0.2) is 0 Å². The largest absolute Gasteiger partial charge is 0.347 e. The summed E-state index contributed by atoms with van der Waals surface area (Å²) in [4.78, 5) is 20.7. The molecule has 1 saturated carbocycles. The zero-order chi connectivity index (χ0) is 15.5. The van der Waals surface area contributed by atoms with Gasteiger partial charge in [-0.25, -0.2) is 4.98 Å². The fourth-order valence-electron chi connectivity index (χ4n) is 2.52. The van der Waals surface area contributed by atoms with E-state index in [0.29, 0.717) is 24.6 Å². The summed E-state index contributed by atoms with van der Waals surface area (Å²) < 4.78 is 0. The number of nitrogens with one attached hydrogen (secondary N) is 2. The van der Waals surface area contributed by atoms with Crippen molar-refractivity contribution in [1.82, 2.24) is 25.5 Å². The average Bonchev–Trinajstić information content (AvgIpc) is 3.26. The van der Waals surface area contributed by atoms with Crippen LogP contribution in [0.3, 0.4) is 0 Å². The molecule has 3 rings (SSSR count). The minimum atomic E-state index is -0.00512. The second kappa shape index (κ2) is 6.44. The third-order valence-corrected chi connectivity index (χ3v) is 4.02. The molecule has 0 spiro atoms. The Hall–Kier alpha value is -1.95. The van der Waals surface area contributed by atoms with Crippen LogP contribution in [-0.4, -0.2) is 26.1 Å². The van der Waals surface area contributed by atoms with Gasteiger partial charge in [0.2, 0.25) is 11.2 Å². The minimum absolute atomic E-state index is 0.00512. The molecule has 1 atom stereocenters. The van der Waals surface area contributed by atoms with Crippen LogP contribution in [0.1, 0.15) is 42.4 Å². The van der Waals surface area contributed by atoms with Gasteiger partial charge in [-0.3, -0.25) is 14.9 Å². The first kappa shape index (κ1) is 15.0. The van der Waals surface area contributed by atoms with Gasteiger partial charge in [-0.1, -0.05) is 6.07 Å². The molecule has 1 aliphatic carbocycles. The van der Waals surface area contributed by atoms with Crippen LogP contribution >= 0.6 is 11.6 Å². The van der Waals surface area contributed by atoms with E-state index in [4.69, 9.17) is 11.6 Å². The molecule has 1 unspecified atom stereocenters. The van der Waals surface area contributed by atoms with Crippen molar-refractivity contribution >= 4 is 17.5 Å². The molecular formula is C15H18ClN5O. The normalized spacial score (nSPS) is 15.5. The quantitative estimate of drug-likeness (QED) is 0.856. The fraction of sp³-hybridized carbons (Fsp3) is 0.467. The van der Waals surface area contributed by atoms with Gasteiger partial charge in [0.25, 0.3) is 0 Å². The lowest BCUT2D eigenvalue weighted by molar-refractivity contribution is -0.122. The highest BCUT2D eigenvalue weighted by atomic mass is 35.5. The van der Waals surface area contributed by atoms with Crippen molar-refractivity contribution in [3.05, 3.63) is 40.7 Å². The standard InChI is InChI=1S/C15H18ClN5O/c1-9-3-2-8-17-13(9)14(10-4-5-10)19-12(22)7-6-11-18-15(16)21-20-11/h2-3,8,10,14H,4-7H2,1H3,(H,19,22)(H,18,20,21). The highest BCUT2D eigenvalue weighted by Crippen LogP contribution is 2.41. The maximum Gasteiger partial charge on any atom is 0.242 e. The van der Waals surface area contributed by atoms with Crippen molar-refractivity contribution in [3.8, 4) is 0 Å². The fourth-order valence-corrected chi connectivity index (χ4v) is 2.67. The van der Waals surface area contributed by atoms with Gasteiger partial charge in [-0.2, -0.15) is 0 Å². The van der Waals surface area contributed by atoms with Gasteiger partial charge < -0.3 is 5.32 Å². The Labute approximate surface area is 133 Å². The van der Waals surface area contributed by atoms with Gasteiger partial charge in [-0.15, -0.1) is 5.10 Å². The highest BCUT2D eigenvalue weighted by Gasteiger charge is 2.34. The van der Waals surface area contributed by atoms with Crippen molar-refractivity contribution in [1.29, 1.82) is 0 Å². The predicted molar refractivity (Wildman–Crippen MR) is 82.3 cm³/mol. The topological polar surface area (TPSA) is 83.6 Å². The van der Waals surface area contributed by atoms with Gasteiger partial charge in [0, 0.05) is 19.0 Å². The summed E-state index contributed by atoms with van der Waals surface area (Å²) in [7, 11) is 0. The summed E-state index contributed by atoms with van der Waals surface area (Å²) in [6.45, 7) is 2.03. The first-order valence-corrected chi connectivity index (χ1v) is 7.79. The number of rotatable bonds is 6. The molecular weight excluding hydrogens is 302 g/mol. The first-order chi connectivity index (χ1) is 10.6. The van der Waals surface area contributed by atoms with E-state index in [1.54, 1.807) is 6.20 Å². The van der Waals surface area contributed by atoms with Gasteiger partial charge in [0.1, 0.15) is 5.82 Å². The van der Waals surface area contributed by atoms with E-state index >= 15 is 0 Å². The molecule has 2 heterocycles. The third-order valence-electron chi connectivity index (χ3n) is 3.85. The number of H-pyrrole nitrogens is 1. The summed E-state index contributed by atoms with van der Waals surface area (Å²) in [5, 5.41) is 9.74. The molecule has 2 aromatic rings. The molecule has 2 aromatic heterocycles. The molecule has 0 bridgehead atoms. The molecule has 2 N–H and O–H groups in total. The van der Waals surface area contributed by atoms with Crippen molar-refractivity contribution in [3.63, 3.8) is 0 Å². The molecule has 0 radical (unpaired) electrons. The maximum atomic E-state index is 12.2.